The van der Waals surface area contributed by atoms with Crippen LogP contribution in [0, 0.1) is 10.1 Å². The van der Waals surface area contributed by atoms with Gasteiger partial charge in [0.1, 0.15) is 6.54 Å². The third-order valence-corrected chi connectivity index (χ3v) is 2.70. The molecule has 0 radical (unpaired) electrons. The summed E-state index contributed by atoms with van der Waals surface area (Å²) in [4.78, 5) is 22.0. The highest BCUT2D eigenvalue weighted by molar-refractivity contribution is 9.10. The molecule has 1 heterocycles. The molecule has 0 aliphatic rings. The van der Waals surface area contributed by atoms with Crippen molar-refractivity contribution in [2.45, 2.75) is 6.54 Å². The van der Waals surface area contributed by atoms with Crippen LogP contribution in [0.3, 0.4) is 0 Å². The number of aromatic nitrogens is 2. The molecule has 0 unspecified atom stereocenters. The van der Waals surface area contributed by atoms with E-state index in [0.717, 1.165) is 4.47 Å². The van der Waals surface area contributed by atoms with Crippen LogP contribution in [0.15, 0.2) is 41.1 Å². The van der Waals surface area contributed by atoms with Crippen molar-refractivity contribution in [2.24, 2.45) is 0 Å². The summed E-state index contributed by atoms with van der Waals surface area (Å²) in [7, 11) is 0. The average molecular weight is 310 g/mol. The molecule has 92 valence electrons. The van der Waals surface area contributed by atoms with E-state index in [-0.39, 0.29) is 18.0 Å². The lowest BCUT2D eigenvalue weighted by atomic mass is 10.1. The lowest BCUT2D eigenvalue weighted by Gasteiger charge is -2.01. The van der Waals surface area contributed by atoms with Gasteiger partial charge in [0.05, 0.1) is 15.6 Å². The van der Waals surface area contributed by atoms with E-state index in [0.29, 0.717) is 5.56 Å². The number of hydrogen-bond donors (Lipinski definition) is 0. The second-order valence-corrected chi connectivity index (χ2v) is 4.50. The highest BCUT2D eigenvalue weighted by Crippen LogP contribution is 2.14. The molecular formula is C11H8BrN3O3. The normalized spacial score (nSPS) is 10.3. The second-order valence-electron chi connectivity index (χ2n) is 3.59. The smallest absolute Gasteiger partial charge is 0.270 e. The molecule has 0 bridgehead atoms. The molecule has 0 fully saturated rings. The fraction of sp³-hybridized carbons (Fsp3) is 0.0909. The number of rotatable bonds is 4. The molecule has 1 aromatic carbocycles. The van der Waals surface area contributed by atoms with Gasteiger partial charge < -0.3 is 0 Å². The van der Waals surface area contributed by atoms with Gasteiger partial charge in [-0.05, 0) is 15.9 Å². The minimum atomic E-state index is -0.527. The fourth-order valence-corrected chi connectivity index (χ4v) is 1.78. The lowest BCUT2D eigenvalue weighted by Crippen LogP contribution is -2.10. The number of nitrogens with zero attached hydrogens (tertiary/aromatic N) is 3. The van der Waals surface area contributed by atoms with E-state index in [1.165, 1.54) is 22.9 Å². The van der Waals surface area contributed by atoms with Gasteiger partial charge in [-0.25, -0.2) is 0 Å². The summed E-state index contributed by atoms with van der Waals surface area (Å²) in [6, 6.07) is 5.65. The number of nitro groups is 1. The zero-order chi connectivity index (χ0) is 13.1. The van der Waals surface area contributed by atoms with Crippen molar-refractivity contribution in [3.63, 3.8) is 0 Å². The average Bonchev–Trinajstić information content (AvgIpc) is 2.75. The van der Waals surface area contributed by atoms with Crippen LogP contribution in [-0.2, 0) is 6.54 Å². The van der Waals surface area contributed by atoms with Crippen molar-refractivity contribution in [1.82, 2.24) is 9.78 Å². The van der Waals surface area contributed by atoms with Crippen molar-refractivity contribution < 1.29 is 9.72 Å². The monoisotopic (exact) mass is 309 g/mol. The maximum Gasteiger partial charge on any atom is 0.270 e. The molecule has 0 saturated carbocycles. The Balaban J connectivity index is 2.18. The Morgan fingerprint density at radius 3 is 2.89 bits per heavy atom. The van der Waals surface area contributed by atoms with Crippen molar-refractivity contribution >= 4 is 27.4 Å². The van der Waals surface area contributed by atoms with Gasteiger partial charge in [0.25, 0.3) is 5.69 Å². The maximum absolute atomic E-state index is 11.9. The topological polar surface area (TPSA) is 78.0 Å². The number of nitro benzene ring substituents is 1. The molecule has 6 nitrogen and oxygen atoms in total. The predicted octanol–water partition coefficient (Wildman–Crippen LogP) is 2.44. The van der Waals surface area contributed by atoms with Gasteiger partial charge in [-0.1, -0.05) is 12.1 Å². The van der Waals surface area contributed by atoms with Crippen molar-refractivity contribution in [3.05, 3.63) is 56.8 Å². The number of hydrogen-bond acceptors (Lipinski definition) is 4. The number of halogens is 1. The van der Waals surface area contributed by atoms with Gasteiger partial charge in [0.2, 0.25) is 0 Å². The van der Waals surface area contributed by atoms with Gasteiger partial charge in [0.15, 0.2) is 5.78 Å². The molecular weight excluding hydrogens is 302 g/mol. The van der Waals surface area contributed by atoms with Crippen LogP contribution in [0.5, 0.6) is 0 Å². The number of carbonyl (C=O) groups is 1. The molecule has 2 rings (SSSR count). The summed E-state index contributed by atoms with van der Waals surface area (Å²) in [6.07, 6.45) is 3.23. The minimum absolute atomic E-state index is 0.0484. The Bertz CT molecular complexity index is 609. The molecule has 1 aromatic heterocycles. The van der Waals surface area contributed by atoms with Gasteiger partial charge in [-0.2, -0.15) is 5.10 Å². The first kappa shape index (κ1) is 12.4. The largest absolute Gasteiger partial charge is 0.292 e. The summed E-state index contributed by atoms with van der Waals surface area (Å²) in [5, 5.41) is 14.6. The summed E-state index contributed by atoms with van der Waals surface area (Å²) in [6.45, 7) is 0.0484. The molecule has 0 spiro atoms. The third kappa shape index (κ3) is 2.80. The Labute approximate surface area is 111 Å². The number of non-ortho nitro benzene ring substituents is 1. The lowest BCUT2D eigenvalue weighted by molar-refractivity contribution is -0.384. The Morgan fingerprint density at radius 1 is 1.50 bits per heavy atom. The SMILES string of the molecule is O=C(Cn1cc(Br)cn1)c1cccc([N+](=O)[O-])c1. The third-order valence-electron chi connectivity index (χ3n) is 2.29. The highest BCUT2D eigenvalue weighted by atomic mass is 79.9. The van der Waals surface area contributed by atoms with Crippen LogP contribution in [0.4, 0.5) is 5.69 Å². The van der Waals surface area contributed by atoms with Crippen LogP contribution in [0.2, 0.25) is 0 Å². The summed E-state index contributed by atoms with van der Waals surface area (Å²) in [5.41, 5.74) is 0.207. The second kappa shape index (κ2) is 5.09. The molecule has 0 aliphatic carbocycles. The first-order chi connectivity index (χ1) is 8.56. The Hall–Kier alpha value is -2.02. The summed E-state index contributed by atoms with van der Waals surface area (Å²) >= 11 is 3.23. The minimum Gasteiger partial charge on any atom is -0.292 e. The van der Waals surface area contributed by atoms with Crippen LogP contribution < -0.4 is 0 Å². The zero-order valence-electron chi connectivity index (χ0n) is 9.12. The molecule has 0 saturated heterocycles. The summed E-state index contributed by atoms with van der Waals surface area (Å²) in [5.74, 6) is -0.227. The Kier molecular flexibility index (Phi) is 3.52. The summed E-state index contributed by atoms with van der Waals surface area (Å²) < 4.78 is 2.24. The van der Waals surface area contributed by atoms with E-state index in [9.17, 15) is 14.9 Å². The number of Topliss-reactive ketones (excluding diaryl/α,β-unsaturated/α-hetero) is 1. The zero-order valence-corrected chi connectivity index (χ0v) is 10.7. The molecule has 2 aromatic rings. The fourth-order valence-electron chi connectivity index (χ4n) is 1.46. The molecule has 7 heteroatoms. The van der Waals surface area contributed by atoms with E-state index < -0.39 is 4.92 Å². The number of ketones is 1. The van der Waals surface area contributed by atoms with E-state index in [4.69, 9.17) is 0 Å². The van der Waals surface area contributed by atoms with Crippen LogP contribution in [0.25, 0.3) is 0 Å². The highest BCUT2D eigenvalue weighted by Gasteiger charge is 2.12. The van der Waals surface area contributed by atoms with Crippen LogP contribution in [-0.4, -0.2) is 20.5 Å². The van der Waals surface area contributed by atoms with Crippen LogP contribution in [0.1, 0.15) is 10.4 Å². The molecule has 0 N–H and O–H groups in total. The van der Waals surface area contributed by atoms with Gasteiger partial charge in [-0.15, -0.1) is 0 Å². The number of benzene rings is 1. The predicted molar refractivity (Wildman–Crippen MR) is 67.4 cm³/mol. The molecule has 18 heavy (non-hydrogen) atoms. The maximum atomic E-state index is 11.9. The number of carbonyl (C=O) groups excluding carboxylic acids is 1. The van der Waals surface area contributed by atoms with E-state index in [1.54, 1.807) is 18.5 Å². The standard InChI is InChI=1S/C11H8BrN3O3/c12-9-5-13-14(6-9)7-11(16)8-2-1-3-10(4-8)15(17)18/h1-6H,7H2. The quantitative estimate of drug-likeness (QED) is 0.493. The van der Waals surface area contributed by atoms with Gasteiger partial charge in [0, 0.05) is 23.9 Å². The first-order valence-electron chi connectivity index (χ1n) is 5.02. The van der Waals surface area contributed by atoms with Gasteiger partial charge >= 0.3 is 0 Å². The van der Waals surface area contributed by atoms with E-state index in [2.05, 4.69) is 21.0 Å². The first-order valence-corrected chi connectivity index (χ1v) is 5.81. The Morgan fingerprint density at radius 2 is 2.28 bits per heavy atom. The van der Waals surface area contributed by atoms with Crippen molar-refractivity contribution in [2.75, 3.05) is 0 Å². The van der Waals surface area contributed by atoms with Crippen LogP contribution >= 0.6 is 15.9 Å². The van der Waals surface area contributed by atoms with E-state index in [1.807, 2.05) is 0 Å². The molecule has 0 amide bonds. The van der Waals surface area contributed by atoms with Crippen molar-refractivity contribution in [3.8, 4) is 0 Å². The van der Waals surface area contributed by atoms with Crippen molar-refractivity contribution in [1.29, 1.82) is 0 Å². The molecule has 0 atom stereocenters. The van der Waals surface area contributed by atoms with E-state index >= 15 is 0 Å². The van der Waals surface area contributed by atoms with Gasteiger partial charge in [-0.3, -0.25) is 19.6 Å². The molecule has 0 aliphatic heterocycles.